The van der Waals surface area contributed by atoms with Gasteiger partial charge in [0.15, 0.2) is 5.82 Å². The molecule has 76 valence electrons. The number of hydrogen-bond acceptors (Lipinski definition) is 3. The fourth-order valence-corrected chi connectivity index (χ4v) is 1.56. The molecule has 0 unspecified atom stereocenters. The lowest BCUT2D eigenvalue weighted by Gasteiger charge is -2.06. The van der Waals surface area contributed by atoms with Crippen LogP contribution in [-0.4, -0.2) is 23.7 Å². The van der Waals surface area contributed by atoms with E-state index in [0.717, 1.165) is 11.1 Å². The molecule has 0 aliphatic carbocycles. The summed E-state index contributed by atoms with van der Waals surface area (Å²) in [7, 11) is 3.77. The smallest absolute Gasteiger partial charge is 0.169 e. The second kappa shape index (κ2) is 3.28. The molecule has 0 radical (unpaired) electrons. The monoisotopic (exact) mass is 200 g/mol. The molecule has 2 rings (SSSR count). The standard InChI is InChI=1S/C11H12N4/c1-8-4-5-15-10(6-8)9(7-12)11(13-15)14(2)3/h4-6H,1-3H3. The molecule has 0 aromatic carbocycles. The predicted octanol–water partition coefficient (Wildman–Crippen LogP) is 1.58. The van der Waals surface area contributed by atoms with Crippen LogP contribution < -0.4 is 4.90 Å². The Kier molecular flexibility index (Phi) is 2.09. The Bertz CT molecular complexity index is 545. The van der Waals surface area contributed by atoms with E-state index in [0.29, 0.717) is 11.4 Å². The molecule has 0 aliphatic rings. The minimum absolute atomic E-state index is 0.628. The molecular weight excluding hydrogens is 188 g/mol. The number of hydrogen-bond donors (Lipinski definition) is 0. The van der Waals surface area contributed by atoms with Gasteiger partial charge in [-0.2, -0.15) is 5.26 Å². The van der Waals surface area contributed by atoms with Crippen molar-refractivity contribution < 1.29 is 0 Å². The molecule has 4 heteroatoms. The van der Waals surface area contributed by atoms with Gasteiger partial charge in [0.2, 0.25) is 0 Å². The highest BCUT2D eigenvalue weighted by atomic mass is 15.3. The van der Waals surface area contributed by atoms with E-state index < -0.39 is 0 Å². The number of pyridine rings is 1. The summed E-state index contributed by atoms with van der Waals surface area (Å²) >= 11 is 0. The van der Waals surface area contributed by atoms with Gasteiger partial charge in [-0.25, -0.2) is 4.52 Å². The normalized spacial score (nSPS) is 10.3. The Hall–Kier alpha value is -2.02. The number of nitrogens with zero attached hydrogens (tertiary/aromatic N) is 4. The first-order valence-electron chi connectivity index (χ1n) is 4.70. The third-order valence-corrected chi connectivity index (χ3v) is 2.31. The van der Waals surface area contributed by atoms with Crippen LogP contribution >= 0.6 is 0 Å². The maximum absolute atomic E-state index is 9.12. The van der Waals surface area contributed by atoms with Crippen LogP contribution in [0.5, 0.6) is 0 Å². The Morgan fingerprint density at radius 2 is 2.20 bits per heavy atom. The fourth-order valence-electron chi connectivity index (χ4n) is 1.56. The summed E-state index contributed by atoms with van der Waals surface area (Å²) in [6, 6.07) is 6.15. The van der Waals surface area contributed by atoms with Crippen LogP contribution in [0, 0.1) is 18.3 Å². The van der Waals surface area contributed by atoms with Gasteiger partial charge >= 0.3 is 0 Å². The minimum atomic E-state index is 0.628. The van der Waals surface area contributed by atoms with Crippen molar-refractivity contribution >= 4 is 11.3 Å². The van der Waals surface area contributed by atoms with E-state index in [1.54, 1.807) is 4.52 Å². The molecule has 0 spiro atoms. The topological polar surface area (TPSA) is 44.3 Å². The second-order valence-corrected chi connectivity index (χ2v) is 3.74. The van der Waals surface area contributed by atoms with Crippen molar-refractivity contribution in [3.8, 4) is 6.07 Å². The van der Waals surface area contributed by atoms with Crippen molar-refractivity contribution in [2.24, 2.45) is 0 Å². The van der Waals surface area contributed by atoms with Gasteiger partial charge < -0.3 is 4.90 Å². The Labute approximate surface area is 88.3 Å². The summed E-state index contributed by atoms with van der Waals surface area (Å²) in [5, 5.41) is 13.5. The first kappa shape index (κ1) is 9.53. The number of nitriles is 1. The molecule has 0 N–H and O–H groups in total. The predicted molar refractivity (Wildman–Crippen MR) is 59.0 cm³/mol. The first-order valence-corrected chi connectivity index (χ1v) is 4.70. The average Bonchev–Trinajstić information content (AvgIpc) is 2.55. The van der Waals surface area contributed by atoms with Gasteiger partial charge in [0, 0.05) is 20.3 Å². The summed E-state index contributed by atoms with van der Waals surface area (Å²) in [5.41, 5.74) is 2.62. The Morgan fingerprint density at radius 3 is 2.80 bits per heavy atom. The van der Waals surface area contributed by atoms with Gasteiger partial charge in [0.25, 0.3) is 0 Å². The van der Waals surface area contributed by atoms with Crippen molar-refractivity contribution in [2.45, 2.75) is 6.92 Å². The number of aryl methyl sites for hydroxylation is 1. The summed E-state index contributed by atoms with van der Waals surface area (Å²) in [4.78, 5) is 1.85. The zero-order valence-corrected chi connectivity index (χ0v) is 9.02. The lowest BCUT2D eigenvalue weighted by Crippen LogP contribution is -2.10. The van der Waals surface area contributed by atoms with E-state index in [4.69, 9.17) is 5.26 Å². The molecule has 0 saturated heterocycles. The quantitative estimate of drug-likeness (QED) is 0.702. The van der Waals surface area contributed by atoms with Crippen LogP contribution in [0.4, 0.5) is 5.82 Å². The van der Waals surface area contributed by atoms with Crippen LogP contribution in [-0.2, 0) is 0 Å². The van der Waals surface area contributed by atoms with Crippen LogP contribution in [0.25, 0.3) is 5.52 Å². The molecule has 2 aromatic rings. The van der Waals surface area contributed by atoms with Crippen molar-refractivity contribution in [3.63, 3.8) is 0 Å². The van der Waals surface area contributed by atoms with Crippen LogP contribution in [0.1, 0.15) is 11.1 Å². The summed E-state index contributed by atoms with van der Waals surface area (Å²) < 4.78 is 1.74. The number of anilines is 1. The lowest BCUT2D eigenvalue weighted by molar-refractivity contribution is 0.928. The molecule has 0 amide bonds. The molecule has 0 aliphatic heterocycles. The number of fused-ring (bicyclic) bond motifs is 1. The van der Waals surface area contributed by atoms with E-state index in [1.807, 2.05) is 44.2 Å². The van der Waals surface area contributed by atoms with E-state index in [-0.39, 0.29) is 0 Å². The van der Waals surface area contributed by atoms with Gasteiger partial charge in [-0.1, -0.05) is 0 Å². The van der Waals surface area contributed by atoms with E-state index in [2.05, 4.69) is 11.2 Å². The molecule has 0 fully saturated rings. The average molecular weight is 200 g/mol. The highest BCUT2D eigenvalue weighted by Gasteiger charge is 2.13. The lowest BCUT2D eigenvalue weighted by atomic mass is 10.2. The van der Waals surface area contributed by atoms with Crippen molar-refractivity contribution in [1.29, 1.82) is 5.26 Å². The summed E-state index contributed by atoms with van der Waals surface area (Å²) in [6.45, 7) is 2.00. The zero-order valence-electron chi connectivity index (χ0n) is 9.02. The SMILES string of the molecule is Cc1ccn2nc(N(C)C)c(C#N)c2c1. The van der Waals surface area contributed by atoms with Crippen LogP contribution in [0.2, 0.25) is 0 Å². The molecule has 4 nitrogen and oxygen atoms in total. The molecular formula is C11H12N4. The second-order valence-electron chi connectivity index (χ2n) is 3.74. The summed E-state index contributed by atoms with van der Waals surface area (Å²) in [6.07, 6.45) is 1.87. The van der Waals surface area contributed by atoms with Crippen molar-refractivity contribution in [3.05, 3.63) is 29.5 Å². The van der Waals surface area contributed by atoms with Crippen LogP contribution in [0.3, 0.4) is 0 Å². The van der Waals surface area contributed by atoms with Gasteiger partial charge in [0.1, 0.15) is 11.6 Å². The van der Waals surface area contributed by atoms with Crippen LogP contribution in [0.15, 0.2) is 18.3 Å². The van der Waals surface area contributed by atoms with E-state index in [1.165, 1.54) is 0 Å². The van der Waals surface area contributed by atoms with Crippen molar-refractivity contribution in [2.75, 3.05) is 19.0 Å². The Balaban J connectivity index is 2.81. The highest BCUT2D eigenvalue weighted by molar-refractivity contribution is 5.72. The Morgan fingerprint density at radius 1 is 1.47 bits per heavy atom. The van der Waals surface area contributed by atoms with E-state index in [9.17, 15) is 0 Å². The molecule has 2 heterocycles. The molecule has 15 heavy (non-hydrogen) atoms. The molecule has 2 aromatic heterocycles. The van der Waals surface area contributed by atoms with Gasteiger partial charge in [-0.05, 0) is 24.6 Å². The highest BCUT2D eigenvalue weighted by Crippen LogP contribution is 2.21. The first-order chi connectivity index (χ1) is 7.13. The summed E-state index contributed by atoms with van der Waals surface area (Å²) in [5.74, 6) is 0.711. The molecule has 0 saturated carbocycles. The maximum atomic E-state index is 9.12. The van der Waals surface area contributed by atoms with Gasteiger partial charge in [0.05, 0.1) is 5.52 Å². The van der Waals surface area contributed by atoms with Gasteiger partial charge in [-0.3, -0.25) is 0 Å². The zero-order chi connectivity index (χ0) is 11.0. The van der Waals surface area contributed by atoms with Crippen molar-refractivity contribution in [1.82, 2.24) is 9.61 Å². The third-order valence-electron chi connectivity index (χ3n) is 2.31. The number of rotatable bonds is 1. The number of aromatic nitrogens is 2. The minimum Gasteiger partial charge on any atom is -0.360 e. The maximum Gasteiger partial charge on any atom is 0.169 e. The molecule has 0 atom stereocenters. The van der Waals surface area contributed by atoms with E-state index >= 15 is 0 Å². The largest absolute Gasteiger partial charge is 0.360 e. The van der Waals surface area contributed by atoms with Gasteiger partial charge in [-0.15, -0.1) is 5.10 Å². The fraction of sp³-hybridized carbons (Fsp3) is 0.273. The third kappa shape index (κ3) is 1.42. The molecule has 0 bridgehead atoms.